The Balaban J connectivity index is 1.46. The van der Waals surface area contributed by atoms with Gasteiger partial charge in [-0.3, -0.25) is 9.78 Å². The van der Waals surface area contributed by atoms with Crippen molar-refractivity contribution in [3.8, 4) is 16.9 Å². The summed E-state index contributed by atoms with van der Waals surface area (Å²) in [6, 6.07) is 14.2. The van der Waals surface area contributed by atoms with Crippen LogP contribution in [0.4, 0.5) is 0 Å². The first-order chi connectivity index (χ1) is 15.1. The molecule has 1 saturated heterocycles. The molecule has 1 amide bonds. The molecule has 31 heavy (non-hydrogen) atoms. The van der Waals surface area contributed by atoms with Gasteiger partial charge in [-0.25, -0.2) is 0 Å². The normalized spacial score (nSPS) is 14.6. The van der Waals surface area contributed by atoms with E-state index in [1.807, 2.05) is 30.0 Å². The van der Waals surface area contributed by atoms with Gasteiger partial charge < -0.3 is 14.2 Å². The predicted octanol–water partition coefficient (Wildman–Crippen LogP) is 5.03. The zero-order chi connectivity index (χ0) is 21.8. The fourth-order valence-corrected chi connectivity index (χ4v) is 4.19. The van der Waals surface area contributed by atoms with E-state index in [-0.39, 0.29) is 5.91 Å². The van der Waals surface area contributed by atoms with Crippen LogP contribution in [0.1, 0.15) is 59.7 Å². The van der Waals surface area contributed by atoms with Gasteiger partial charge in [-0.05, 0) is 61.6 Å². The van der Waals surface area contributed by atoms with Gasteiger partial charge in [-0.15, -0.1) is 0 Å². The molecule has 0 atom stereocenters. The van der Waals surface area contributed by atoms with Crippen LogP contribution in [0.15, 0.2) is 47.0 Å². The molecule has 1 aliphatic rings. The maximum atomic E-state index is 12.8. The van der Waals surface area contributed by atoms with Crippen LogP contribution in [-0.4, -0.2) is 41.1 Å². The fourth-order valence-electron chi connectivity index (χ4n) is 4.19. The number of amides is 1. The summed E-state index contributed by atoms with van der Waals surface area (Å²) in [5, 5.41) is 3.97. The third-order valence-corrected chi connectivity index (χ3v) is 5.85. The number of aromatic nitrogens is 2. The van der Waals surface area contributed by atoms with Crippen molar-refractivity contribution in [2.75, 3.05) is 20.2 Å². The molecule has 3 aromatic rings. The quantitative estimate of drug-likeness (QED) is 0.561. The number of rotatable bonds is 6. The predicted molar refractivity (Wildman–Crippen MR) is 119 cm³/mol. The Bertz CT molecular complexity index is 1050. The smallest absolute Gasteiger partial charge is 0.276 e. The number of likely N-dealkylation sites (tertiary alicyclic amines) is 1. The minimum absolute atomic E-state index is 0.0428. The molecule has 6 nitrogen and oxygen atoms in total. The van der Waals surface area contributed by atoms with E-state index in [0.717, 1.165) is 59.7 Å². The summed E-state index contributed by atoms with van der Waals surface area (Å²) in [5.74, 6) is 1.91. The van der Waals surface area contributed by atoms with Gasteiger partial charge in [-0.1, -0.05) is 24.2 Å². The molecule has 3 heterocycles. The van der Waals surface area contributed by atoms with Gasteiger partial charge in [0, 0.05) is 42.9 Å². The number of carbonyl (C=O) groups is 1. The minimum atomic E-state index is -0.0428. The molecule has 0 spiro atoms. The van der Waals surface area contributed by atoms with Crippen LogP contribution in [0.2, 0.25) is 0 Å². The van der Waals surface area contributed by atoms with Gasteiger partial charge >= 0.3 is 0 Å². The van der Waals surface area contributed by atoms with E-state index in [2.05, 4.69) is 30.3 Å². The summed E-state index contributed by atoms with van der Waals surface area (Å²) in [6.45, 7) is 5.51. The molecule has 0 bridgehead atoms. The lowest BCUT2D eigenvalue weighted by atomic mass is 9.91. The lowest BCUT2D eigenvalue weighted by molar-refractivity contribution is 0.0701. The van der Waals surface area contributed by atoms with E-state index in [1.165, 1.54) is 0 Å². The first-order valence-electron chi connectivity index (χ1n) is 10.9. The number of carbonyl (C=O) groups excluding carboxylic acids is 1. The zero-order valence-electron chi connectivity index (χ0n) is 18.4. The highest BCUT2D eigenvalue weighted by Crippen LogP contribution is 2.32. The van der Waals surface area contributed by atoms with Crippen LogP contribution < -0.4 is 4.74 Å². The van der Waals surface area contributed by atoms with E-state index < -0.39 is 0 Å². The number of aryl methyl sites for hydroxylation is 2. The molecule has 4 rings (SSSR count). The van der Waals surface area contributed by atoms with Crippen LogP contribution in [0, 0.1) is 6.92 Å². The van der Waals surface area contributed by atoms with E-state index >= 15 is 0 Å². The Morgan fingerprint density at radius 1 is 1.16 bits per heavy atom. The van der Waals surface area contributed by atoms with Crippen molar-refractivity contribution in [2.24, 2.45) is 0 Å². The van der Waals surface area contributed by atoms with Crippen LogP contribution in [-0.2, 0) is 6.42 Å². The van der Waals surface area contributed by atoms with Gasteiger partial charge in [0.25, 0.3) is 5.91 Å². The number of piperidine rings is 1. The van der Waals surface area contributed by atoms with Gasteiger partial charge in [0.1, 0.15) is 11.5 Å². The summed E-state index contributed by atoms with van der Waals surface area (Å²) in [5.41, 5.74) is 4.77. The maximum Gasteiger partial charge on any atom is 0.276 e. The molecular weight excluding hydrogens is 390 g/mol. The summed E-state index contributed by atoms with van der Waals surface area (Å²) >= 11 is 0. The van der Waals surface area contributed by atoms with Gasteiger partial charge in [0.2, 0.25) is 0 Å². The Morgan fingerprint density at radius 3 is 2.71 bits per heavy atom. The van der Waals surface area contributed by atoms with Crippen molar-refractivity contribution >= 4 is 5.91 Å². The largest absolute Gasteiger partial charge is 0.497 e. The second-order valence-corrected chi connectivity index (χ2v) is 8.15. The second-order valence-electron chi connectivity index (χ2n) is 8.15. The van der Waals surface area contributed by atoms with Crippen LogP contribution in [0.25, 0.3) is 11.1 Å². The Hall–Kier alpha value is -3.15. The van der Waals surface area contributed by atoms with Gasteiger partial charge in [-0.2, -0.15) is 0 Å². The summed E-state index contributed by atoms with van der Waals surface area (Å²) in [6.07, 6.45) is 3.55. The van der Waals surface area contributed by atoms with Crippen molar-refractivity contribution in [3.05, 3.63) is 65.3 Å². The lowest BCUT2D eigenvalue weighted by Gasteiger charge is -2.31. The molecule has 162 valence electrons. The topological polar surface area (TPSA) is 68.5 Å². The van der Waals surface area contributed by atoms with E-state index in [9.17, 15) is 4.79 Å². The highest BCUT2D eigenvalue weighted by Gasteiger charge is 2.27. The third-order valence-electron chi connectivity index (χ3n) is 5.85. The molecule has 2 aromatic heterocycles. The average Bonchev–Trinajstić information content (AvgIpc) is 3.27. The highest BCUT2D eigenvalue weighted by atomic mass is 16.5. The van der Waals surface area contributed by atoms with Crippen molar-refractivity contribution < 1.29 is 14.1 Å². The zero-order valence-corrected chi connectivity index (χ0v) is 18.4. The van der Waals surface area contributed by atoms with Gasteiger partial charge in [0.15, 0.2) is 5.69 Å². The number of hydrogen-bond donors (Lipinski definition) is 0. The Kier molecular flexibility index (Phi) is 6.35. The SMILES string of the molecule is CCCc1cc(C(=O)N2CCC(c3cc(-c4cccc(OC)c4)cc(C)n3)CC2)no1. The monoisotopic (exact) mass is 419 g/mol. The maximum absolute atomic E-state index is 12.8. The molecule has 0 unspecified atom stereocenters. The summed E-state index contributed by atoms with van der Waals surface area (Å²) in [4.78, 5) is 19.5. The van der Waals surface area contributed by atoms with Crippen LogP contribution in [0.3, 0.4) is 0 Å². The molecule has 1 fully saturated rings. The summed E-state index contributed by atoms with van der Waals surface area (Å²) in [7, 11) is 1.68. The molecule has 6 heteroatoms. The van der Waals surface area contributed by atoms with Crippen molar-refractivity contribution in [2.45, 2.75) is 45.4 Å². The number of benzene rings is 1. The van der Waals surface area contributed by atoms with Crippen molar-refractivity contribution in [3.63, 3.8) is 0 Å². The van der Waals surface area contributed by atoms with Crippen molar-refractivity contribution in [1.29, 1.82) is 0 Å². The third kappa shape index (κ3) is 4.79. The highest BCUT2D eigenvalue weighted by molar-refractivity contribution is 5.92. The number of hydrogen-bond acceptors (Lipinski definition) is 5. The molecule has 1 aromatic carbocycles. The van der Waals surface area contributed by atoms with Crippen LogP contribution in [0.5, 0.6) is 5.75 Å². The number of nitrogens with zero attached hydrogens (tertiary/aromatic N) is 3. The molecule has 0 N–H and O–H groups in total. The number of ether oxygens (including phenoxy) is 1. The minimum Gasteiger partial charge on any atom is -0.497 e. The fraction of sp³-hybridized carbons (Fsp3) is 0.400. The van der Waals surface area contributed by atoms with Gasteiger partial charge in [0.05, 0.1) is 7.11 Å². The molecule has 0 radical (unpaired) electrons. The lowest BCUT2D eigenvalue weighted by Crippen LogP contribution is -2.38. The van der Waals surface area contributed by atoms with E-state index in [1.54, 1.807) is 13.2 Å². The van der Waals surface area contributed by atoms with E-state index in [4.69, 9.17) is 14.2 Å². The van der Waals surface area contributed by atoms with Crippen LogP contribution >= 0.6 is 0 Å². The first kappa shape index (κ1) is 21.1. The second kappa shape index (κ2) is 9.33. The number of pyridine rings is 1. The standard InChI is InChI=1S/C25H29N3O3/c1-4-6-22-16-24(27-31-22)25(29)28-11-9-18(10-12-28)23-15-20(13-17(2)26-23)19-7-5-8-21(14-19)30-3/h5,7-8,13-16,18H,4,6,9-12H2,1-3H3. The van der Waals surface area contributed by atoms with E-state index in [0.29, 0.717) is 24.7 Å². The first-order valence-corrected chi connectivity index (χ1v) is 10.9. The van der Waals surface area contributed by atoms with Crippen molar-refractivity contribution in [1.82, 2.24) is 15.0 Å². The molecule has 0 aliphatic carbocycles. The summed E-state index contributed by atoms with van der Waals surface area (Å²) < 4.78 is 10.6. The molecular formula is C25H29N3O3. The average molecular weight is 420 g/mol. The molecule has 0 saturated carbocycles. The number of methoxy groups -OCH3 is 1. The molecule has 1 aliphatic heterocycles. The Labute approximate surface area is 183 Å². The Morgan fingerprint density at radius 2 is 1.97 bits per heavy atom.